The predicted molar refractivity (Wildman–Crippen MR) is 72.7 cm³/mol. The maximum absolute atomic E-state index is 4.49. The first-order valence-electron chi connectivity index (χ1n) is 6.92. The average Bonchev–Trinajstić information content (AvgIpc) is 2.92. The van der Waals surface area contributed by atoms with Gasteiger partial charge in [-0.1, -0.05) is 6.92 Å². The normalized spacial score (nSPS) is 29.6. The third kappa shape index (κ3) is 1.70. The van der Waals surface area contributed by atoms with Crippen molar-refractivity contribution in [2.45, 2.75) is 32.7 Å². The van der Waals surface area contributed by atoms with Crippen molar-refractivity contribution < 1.29 is 0 Å². The maximum Gasteiger partial charge on any atom is 0.132 e. The van der Waals surface area contributed by atoms with Gasteiger partial charge in [0.1, 0.15) is 12.1 Å². The van der Waals surface area contributed by atoms with Crippen LogP contribution in [0.25, 0.3) is 0 Å². The summed E-state index contributed by atoms with van der Waals surface area (Å²) in [5.41, 5.74) is 1.32. The molecule has 3 rings (SSSR count). The van der Waals surface area contributed by atoms with Crippen molar-refractivity contribution in [3.05, 3.63) is 18.1 Å². The molecule has 0 spiro atoms. The molecule has 0 aromatic carbocycles. The highest BCUT2D eigenvalue weighted by Crippen LogP contribution is 2.42. The van der Waals surface area contributed by atoms with Crippen molar-refractivity contribution in [1.29, 1.82) is 0 Å². The molecule has 1 N–H and O–H groups in total. The van der Waals surface area contributed by atoms with Gasteiger partial charge in [-0.05, 0) is 32.1 Å². The Bertz CT molecular complexity index is 443. The van der Waals surface area contributed by atoms with Crippen LogP contribution >= 0.6 is 0 Å². The minimum Gasteiger partial charge on any atom is -0.351 e. The number of hydrogen-bond acceptors (Lipinski definition) is 4. The minimum atomic E-state index is 0.188. The smallest absolute Gasteiger partial charge is 0.132 e. The van der Waals surface area contributed by atoms with Crippen LogP contribution in [0.4, 0.5) is 5.82 Å². The summed E-state index contributed by atoms with van der Waals surface area (Å²) in [6, 6.07) is 2.15. The number of rotatable bonds is 2. The molecule has 2 atom stereocenters. The monoisotopic (exact) mass is 246 g/mol. The molecule has 0 saturated carbocycles. The molecule has 2 aliphatic heterocycles. The zero-order valence-corrected chi connectivity index (χ0v) is 11.5. The standard InChI is InChI=1S/C14H22N4/c1-4-11-5-13(17-9-16-11)18-8-10-6-15-7-12(10)14(18,2)3/h5,9-10,12,15H,4,6-8H2,1-3H3. The molecule has 2 aliphatic rings. The lowest BCUT2D eigenvalue weighted by Crippen LogP contribution is -2.45. The third-order valence-electron chi connectivity index (χ3n) is 4.71. The Labute approximate surface area is 109 Å². The highest BCUT2D eigenvalue weighted by molar-refractivity contribution is 5.45. The van der Waals surface area contributed by atoms with Gasteiger partial charge in [-0.2, -0.15) is 0 Å². The van der Waals surface area contributed by atoms with E-state index in [0.29, 0.717) is 0 Å². The van der Waals surface area contributed by atoms with Gasteiger partial charge in [0.05, 0.1) is 0 Å². The van der Waals surface area contributed by atoms with Crippen LogP contribution in [0.5, 0.6) is 0 Å². The van der Waals surface area contributed by atoms with Crippen LogP contribution in [-0.4, -0.2) is 35.1 Å². The molecule has 0 bridgehead atoms. The van der Waals surface area contributed by atoms with Crippen LogP contribution in [0.2, 0.25) is 0 Å². The Morgan fingerprint density at radius 3 is 2.94 bits per heavy atom. The molecule has 4 heteroatoms. The molecular weight excluding hydrogens is 224 g/mol. The van der Waals surface area contributed by atoms with E-state index in [2.05, 4.69) is 47.0 Å². The molecule has 3 heterocycles. The van der Waals surface area contributed by atoms with Crippen LogP contribution in [0.1, 0.15) is 26.5 Å². The van der Waals surface area contributed by atoms with Crippen LogP contribution in [0, 0.1) is 11.8 Å². The molecule has 0 amide bonds. The Hall–Kier alpha value is -1.16. The summed E-state index contributed by atoms with van der Waals surface area (Å²) >= 11 is 0. The van der Waals surface area contributed by atoms with E-state index in [0.717, 1.165) is 49.4 Å². The van der Waals surface area contributed by atoms with Gasteiger partial charge in [0, 0.05) is 36.9 Å². The molecule has 2 unspecified atom stereocenters. The third-order valence-corrected chi connectivity index (χ3v) is 4.71. The minimum absolute atomic E-state index is 0.188. The number of nitrogens with zero attached hydrogens (tertiary/aromatic N) is 3. The zero-order valence-electron chi connectivity index (χ0n) is 11.5. The highest BCUT2D eigenvalue weighted by atomic mass is 15.3. The Morgan fingerprint density at radius 1 is 1.39 bits per heavy atom. The van der Waals surface area contributed by atoms with Gasteiger partial charge in [0.25, 0.3) is 0 Å². The van der Waals surface area contributed by atoms with Crippen molar-refractivity contribution in [2.75, 3.05) is 24.5 Å². The lowest BCUT2D eigenvalue weighted by Gasteiger charge is -2.36. The molecule has 0 aliphatic carbocycles. The first kappa shape index (κ1) is 11.9. The van der Waals surface area contributed by atoms with E-state index in [1.807, 2.05) is 0 Å². The van der Waals surface area contributed by atoms with Gasteiger partial charge in [-0.3, -0.25) is 0 Å². The van der Waals surface area contributed by atoms with Crippen molar-refractivity contribution in [1.82, 2.24) is 15.3 Å². The Morgan fingerprint density at radius 2 is 2.22 bits per heavy atom. The molecule has 0 radical (unpaired) electrons. The second-order valence-electron chi connectivity index (χ2n) is 6.01. The van der Waals surface area contributed by atoms with E-state index >= 15 is 0 Å². The summed E-state index contributed by atoms with van der Waals surface area (Å²) in [7, 11) is 0. The SMILES string of the molecule is CCc1cc(N2CC3CNCC3C2(C)C)ncn1. The van der Waals surface area contributed by atoms with Gasteiger partial charge >= 0.3 is 0 Å². The fraction of sp³-hybridized carbons (Fsp3) is 0.714. The number of aryl methyl sites for hydroxylation is 1. The van der Waals surface area contributed by atoms with Crippen LogP contribution in [0.15, 0.2) is 12.4 Å². The van der Waals surface area contributed by atoms with Crippen molar-refractivity contribution in [2.24, 2.45) is 11.8 Å². The molecule has 2 saturated heterocycles. The molecule has 2 fully saturated rings. The summed E-state index contributed by atoms with van der Waals surface area (Å²) in [4.78, 5) is 11.3. The molecule has 1 aromatic heterocycles. The van der Waals surface area contributed by atoms with Crippen molar-refractivity contribution in [3.8, 4) is 0 Å². The number of nitrogens with one attached hydrogen (secondary N) is 1. The average molecular weight is 246 g/mol. The van der Waals surface area contributed by atoms with E-state index in [9.17, 15) is 0 Å². The molecule has 98 valence electrons. The largest absolute Gasteiger partial charge is 0.351 e. The van der Waals surface area contributed by atoms with Gasteiger partial charge in [-0.15, -0.1) is 0 Å². The first-order valence-corrected chi connectivity index (χ1v) is 6.92. The molecular formula is C14H22N4. The quantitative estimate of drug-likeness (QED) is 0.858. The number of hydrogen-bond donors (Lipinski definition) is 1. The molecule has 18 heavy (non-hydrogen) atoms. The lowest BCUT2D eigenvalue weighted by atomic mass is 9.85. The van der Waals surface area contributed by atoms with E-state index in [4.69, 9.17) is 0 Å². The van der Waals surface area contributed by atoms with Gasteiger partial charge in [-0.25, -0.2) is 9.97 Å². The van der Waals surface area contributed by atoms with E-state index < -0.39 is 0 Å². The summed E-state index contributed by atoms with van der Waals surface area (Å²) in [5.74, 6) is 2.60. The fourth-order valence-corrected chi connectivity index (χ4v) is 3.54. The highest BCUT2D eigenvalue weighted by Gasteiger charge is 2.49. The summed E-state index contributed by atoms with van der Waals surface area (Å²) in [6.45, 7) is 10.2. The van der Waals surface area contributed by atoms with Crippen molar-refractivity contribution in [3.63, 3.8) is 0 Å². The number of aromatic nitrogens is 2. The molecule has 4 nitrogen and oxygen atoms in total. The second-order valence-corrected chi connectivity index (χ2v) is 6.01. The van der Waals surface area contributed by atoms with Crippen LogP contribution in [-0.2, 0) is 6.42 Å². The topological polar surface area (TPSA) is 41.0 Å². The summed E-state index contributed by atoms with van der Waals surface area (Å²) in [6.07, 6.45) is 2.68. The summed E-state index contributed by atoms with van der Waals surface area (Å²) < 4.78 is 0. The van der Waals surface area contributed by atoms with Gasteiger partial charge in [0.2, 0.25) is 0 Å². The number of anilines is 1. The zero-order chi connectivity index (χ0) is 12.8. The lowest BCUT2D eigenvalue weighted by molar-refractivity contribution is 0.356. The summed E-state index contributed by atoms with van der Waals surface area (Å²) in [5, 5.41) is 3.52. The molecule has 1 aromatic rings. The maximum atomic E-state index is 4.49. The van der Waals surface area contributed by atoms with Gasteiger partial charge < -0.3 is 10.2 Å². The van der Waals surface area contributed by atoms with Crippen molar-refractivity contribution >= 4 is 5.82 Å². The predicted octanol–water partition coefficient (Wildman–Crippen LogP) is 1.47. The Balaban J connectivity index is 1.92. The van der Waals surface area contributed by atoms with E-state index in [-0.39, 0.29) is 5.54 Å². The van der Waals surface area contributed by atoms with E-state index in [1.165, 1.54) is 0 Å². The second kappa shape index (κ2) is 4.19. The van der Waals surface area contributed by atoms with Crippen LogP contribution < -0.4 is 10.2 Å². The van der Waals surface area contributed by atoms with Gasteiger partial charge in [0.15, 0.2) is 0 Å². The van der Waals surface area contributed by atoms with Crippen LogP contribution in [0.3, 0.4) is 0 Å². The number of fused-ring (bicyclic) bond motifs is 1. The fourth-order valence-electron chi connectivity index (χ4n) is 3.54. The first-order chi connectivity index (χ1) is 8.63. The Kier molecular flexibility index (Phi) is 2.77. The van der Waals surface area contributed by atoms with E-state index in [1.54, 1.807) is 6.33 Å².